The molecule has 4 heteroatoms. The van der Waals surface area contributed by atoms with Crippen molar-refractivity contribution >= 4 is 5.91 Å². The van der Waals surface area contributed by atoms with Gasteiger partial charge >= 0.3 is 0 Å². The fraction of sp³-hybridized carbons (Fsp3) is 0.562. The molecule has 0 saturated carbocycles. The zero-order valence-electron chi connectivity index (χ0n) is 12.6. The molecular weight excluding hydrogens is 252 g/mol. The number of hydrogen-bond acceptors (Lipinski definition) is 3. The molecule has 1 N–H and O–H groups in total. The Morgan fingerprint density at radius 3 is 2.85 bits per heavy atom. The molecule has 2 atom stereocenters. The van der Waals surface area contributed by atoms with E-state index < -0.39 is 0 Å². The molecule has 0 aliphatic carbocycles. The fourth-order valence-electron chi connectivity index (χ4n) is 2.86. The van der Waals surface area contributed by atoms with Crippen molar-refractivity contribution in [1.82, 2.24) is 10.2 Å². The van der Waals surface area contributed by atoms with Crippen LogP contribution in [0.25, 0.3) is 0 Å². The largest absolute Gasteiger partial charge is 0.496 e. The SMILES string of the molecule is COc1ccccc1CC1CCNC(C(=O)N(C)C)C1. The number of ether oxygens (including phenoxy) is 1. The molecule has 1 aliphatic rings. The maximum absolute atomic E-state index is 12.1. The molecule has 1 amide bonds. The van der Waals surface area contributed by atoms with Gasteiger partial charge in [-0.3, -0.25) is 4.79 Å². The topological polar surface area (TPSA) is 41.6 Å². The van der Waals surface area contributed by atoms with E-state index in [2.05, 4.69) is 11.4 Å². The molecule has 110 valence electrons. The third kappa shape index (κ3) is 3.51. The van der Waals surface area contributed by atoms with Crippen molar-refractivity contribution in [2.24, 2.45) is 5.92 Å². The molecule has 0 bridgehead atoms. The van der Waals surface area contributed by atoms with Crippen LogP contribution in [0.4, 0.5) is 0 Å². The normalized spacial score (nSPS) is 22.4. The Labute approximate surface area is 121 Å². The number of piperidine rings is 1. The molecule has 0 radical (unpaired) electrons. The Morgan fingerprint density at radius 2 is 2.15 bits per heavy atom. The third-order valence-electron chi connectivity index (χ3n) is 3.95. The molecule has 0 spiro atoms. The van der Waals surface area contributed by atoms with Gasteiger partial charge in [-0.1, -0.05) is 18.2 Å². The number of nitrogens with one attached hydrogen (secondary N) is 1. The first kappa shape index (κ1) is 14.9. The number of rotatable bonds is 4. The van der Waals surface area contributed by atoms with Crippen molar-refractivity contribution in [3.63, 3.8) is 0 Å². The lowest BCUT2D eigenvalue weighted by atomic mass is 9.86. The molecule has 1 fully saturated rings. The highest BCUT2D eigenvalue weighted by molar-refractivity contribution is 5.81. The summed E-state index contributed by atoms with van der Waals surface area (Å²) < 4.78 is 5.41. The summed E-state index contributed by atoms with van der Waals surface area (Å²) in [5.74, 6) is 1.65. The second kappa shape index (κ2) is 6.75. The number of methoxy groups -OCH3 is 1. The van der Waals surface area contributed by atoms with E-state index in [0.717, 1.165) is 31.6 Å². The van der Waals surface area contributed by atoms with Crippen molar-refractivity contribution in [1.29, 1.82) is 0 Å². The first-order valence-electron chi connectivity index (χ1n) is 7.18. The number of para-hydroxylation sites is 1. The van der Waals surface area contributed by atoms with Crippen LogP contribution in [0.3, 0.4) is 0 Å². The molecule has 1 aromatic carbocycles. The van der Waals surface area contributed by atoms with Gasteiger partial charge in [-0.25, -0.2) is 0 Å². The lowest BCUT2D eigenvalue weighted by Crippen LogP contribution is -2.48. The molecule has 0 aromatic heterocycles. The van der Waals surface area contributed by atoms with E-state index in [9.17, 15) is 4.79 Å². The maximum atomic E-state index is 12.1. The Kier molecular flexibility index (Phi) is 5.01. The molecule has 20 heavy (non-hydrogen) atoms. The molecule has 1 heterocycles. The van der Waals surface area contributed by atoms with Crippen molar-refractivity contribution in [3.05, 3.63) is 29.8 Å². The number of likely N-dealkylation sites (N-methyl/N-ethyl adjacent to an activating group) is 1. The van der Waals surface area contributed by atoms with Crippen molar-refractivity contribution < 1.29 is 9.53 Å². The summed E-state index contributed by atoms with van der Waals surface area (Å²) in [5.41, 5.74) is 1.23. The van der Waals surface area contributed by atoms with Crippen LogP contribution in [0.5, 0.6) is 5.75 Å². The summed E-state index contributed by atoms with van der Waals surface area (Å²) in [4.78, 5) is 13.7. The Morgan fingerprint density at radius 1 is 1.40 bits per heavy atom. The van der Waals surface area contributed by atoms with E-state index in [-0.39, 0.29) is 11.9 Å². The Bertz CT molecular complexity index is 460. The number of carbonyl (C=O) groups excluding carboxylic acids is 1. The summed E-state index contributed by atoms with van der Waals surface area (Å²) in [7, 11) is 5.33. The lowest BCUT2D eigenvalue weighted by molar-refractivity contribution is -0.131. The fourth-order valence-corrected chi connectivity index (χ4v) is 2.86. The molecule has 4 nitrogen and oxygen atoms in total. The van der Waals surface area contributed by atoms with E-state index in [1.54, 1.807) is 12.0 Å². The Balaban J connectivity index is 2.01. The second-order valence-corrected chi connectivity index (χ2v) is 5.65. The van der Waals surface area contributed by atoms with Gasteiger partial charge in [0, 0.05) is 14.1 Å². The van der Waals surface area contributed by atoms with Crippen LogP contribution in [-0.4, -0.2) is 44.6 Å². The van der Waals surface area contributed by atoms with Gasteiger partial charge in [0.2, 0.25) is 5.91 Å². The quantitative estimate of drug-likeness (QED) is 0.910. The highest BCUT2D eigenvalue weighted by Gasteiger charge is 2.28. The monoisotopic (exact) mass is 276 g/mol. The summed E-state index contributed by atoms with van der Waals surface area (Å²) in [6.45, 7) is 0.907. The van der Waals surface area contributed by atoms with Gasteiger partial charge < -0.3 is 15.0 Å². The van der Waals surface area contributed by atoms with Gasteiger partial charge in [0.05, 0.1) is 13.2 Å². The number of hydrogen-bond donors (Lipinski definition) is 1. The lowest BCUT2D eigenvalue weighted by Gasteiger charge is -2.31. The number of nitrogens with zero attached hydrogens (tertiary/aromatic N) is 1. The standard InChI is InChI=1S/C16H24N2O2/c1-18(2)16(19)14-11-12(8-9-17-14)10-13-6-4-5-7-15(13)20-3/h4-7,12,14,17H,8-11H2,1-3H3. The molecule has 1 aromatic rings. The van der Waals surface area contributed by atoms with E-state index >= 15 is 0 Å². The van der Waals surface area contributed by atoms with Crippen molar-refractivity contribution in [2.75, 3.05) is 27.7 Å². The zero-order valence-corrected chi connectivity index (χ0v) is 12.6. The minimum absolute atomic E-state index is 0.0431. The number of benzene rings is 1. The van der Waals surface area contributed by atoms with Gasteiger partial charge in [-0.15, -0.1) is 0 Å². The number of carbonyl (C=O) groups is 1. The predicted octanol–water partition coefficient (Wildman–Crippen LogP) is 1.69. The maximum Gasteiger partial charge on any atom is 0.239 e. The second-order valence-electron chi connectivity index (χ2n) is 5.65. The van der Waals surface area contributed by atoms with Crippen LogP contribution >= 0.6 is 0 Å². The average molecular weight is 276 g/mol. The van der Waals surface area contributed by atoms with Crippen LogP contribution in [0.2, 0.25) is 0 Å². The van der Waals surface area contributed by atoms with Crippen LogP contribution in [-0.2, 0) is 11.2 Å². The number of amides is 1. The minimum Gasteiger partial charge on any atom is -0.496 e. The van der Waals surface area contributed by atoms with Gasteiger partial charge in [0.1, 0.15) is 5.75 Å². The summed E-state index contributed by atoms with van der Waals surface area (Å²) in [5, 5.41) is 3.32. The third-order valence-corrected chi connectivity index (χ3v) is 3.95. The minimum atomic E-state index is -0.0431. The molecule has 2 rings (SSSR count). The molecule has 1 aliphatic heterocycles. The Hall–Kier alpha value is -1.55. The van der Waals surface area contributed by atoms with Gasteiger partial charge in [-0.05, 0) is 43.4 Å². The summed E-state index contributed by atoms with van der Waals surface area (Å²) >= 11 is 0. The average Bonchev–Trinajstić information content (AvgIpc) is 2.47. The van der Waals surface area contributed by atoms with E-state index in [1.807, 2.05) is 32.3 Å². The predicted molar refractivity (Wildman–Crippen MR) is 79.9 cm³/mol. The highest BCUT2D eigenvalue weighted by atomic mass is 16.5. The van der Waals surface area contributed by atoms with E-state index in [1.165, 1.54) is 5.56 Å². The van der Waals surface area contributed by atoms with Crippen LogP contribution in [0, 0.1) is 5.92 Å². The summed E-state index contributed by atoms with van der Waals surface area (Å²) in [6, 6.07) is 8.10. The highest BCUT2D eigenvalue weighted by Crippen LogP contribution is 2.26. The van der Waals surface area contributed by atoms with E-state index in [4.69, 9.17) is 4.74 Å². The van der Waals surface area contributed by atoms with Crippen molar-refractivity contribution in [3.8, 4) is 5.75 Å². The van der Waals surface area contributed by atoms with Crippen LogP contribution < -0.4 is 10.1 Å². The van der Waals surface area contributed by atoms with Gasteiger partial charge in [0.15, 0.2) is 0 Å². The molecule has 2 unspecified atom stereocenters. The first-order valence-corrected chi connectivity index (χ1v) is 7.18. The van der Waals surface area contributed by atoms with Gasteiger partial charge in [0.25, 0.3) is 0 Å². The molecule has 1 saturated heterocycles. The molecular formula is C16H24N2O2. The first-order chi connectivity index (χ1) is 9.61. The van der Waals surface area contributed by atoms with Crippen LogP contribution in [0.15, 0.2) is 24.3 Å². The smallest absolute Gasteiger partial charge is 0.239 e. The van der Waals surface area contributed by atoms with Crippen LogP contribution in [0.1, 0.15) is 18.4 Å². The van der Waals surface area contributed by atoms with Gasteiger partial charge in [-0.2, -0.15) is 0 Å². The van der Waals surface area contributed by atoms with Crippen molar-refractivity contribution in [2.45, 2.75) is 25.3 Å². The zero-order chi connectivity index (χ0) is 14.5. The van der Waals surface area contributed by atoms with E-state index in [0.29, 0.717) is 5.92 Å². The summed E-state index contributed by atoms with van der Waals surface area (Å²) in [6.07, 6.45) is 2.98.